The molecule has 0 aliphatic carbocycles. The van der Waals surface area contributed by atoms with Gasteiger partial charge < -0.3 is 20.7 Å². The molecule has 2 rings (SSSR count). The van der Waals surface area contributed by atoms with E-state index in [9.17, 15) is 4.79 Å². The number of aliphatic imine (C=N–C) groups is 1. The standard InChI is InChI=1S/C20H26N4O2/c1-3-22-20(23-15-16-9-11-17(12-10-16)19(21)25)24(2)13-14-26-18-7-5-4-6-8-18/h4-12H,3,13-15H2,1-2H3,(H2,21,25)(H,22,23). The van der Waals surface area contributed by atoms with E-state index in [0.29, 0.717) is 25.3 Å². The SMILES string of the molecule is CCNC(=NCc1ccc(C(N)=O)cc1)N(C)CCOc1ccccc1. The highest BCUT2D eigenvalue weighted by Crippen LogP contribution is 2.08. The topological polar surface area (TPSA) is 79.9 Å². The van der Waals surface area contributed by atoms with Gasteiger partial charge >= 0.3 is 0 Å². The van der Waals surface area contributed by atoms with Crippen LogP contribution >= 0.6 is 0 Å². The van der Waals surface area contributed by atoms with Crippen molar-refractivity contribution in [2.24, 2.45) is 10.7 Å². The average molecular weight is 354 g/mol. The number of para-hydroxylation sites is 1. The van der Waals surface area contributed by atoms with Crippen LogP contribution in [-0.4, -0.2) is 43.5 Å². The van der Waals surface area contributed by atoms with Crippen LogP contribution in [0.15, 0.2) is 59.6 Å². The van der Waals surface area contributed by atoms with Gasteiger partial charge in [-0.2, -0.15) is 0 Å². The lowest BCUT2D eigenvalue weighted by Crippen LogP contribution is -2.40. The predicted molar refractivity (Wildman–Crippen MR) is 104 cm³/mol. The minimum atomic E-state index is -0.425. The van der Waals surface area contributed by atoms with Gasteiger partial charge in [-0.15, -0.1) is 0 Å². The van der Waals surface area contributed by atoms with Gasteiger partial charge in [0.15, 0.2) is 5.96 Å². The van der Waals surface area contributed by atoms with Crippen molar-refractivity contribution in [2.45, 2.75) is 13.5 Å². The van der Waals surface area contributed by atoms with E-state index in [0.717, 1.165) is 23.8 Å². The molecule has 0 saturated carbocycles. The Kier molecular flexibility index (Phi) is 7.49. The van der Waals surface area contributed by atoms with Gasteiger partial charge in [0.1, 0.15) is 12.4 Å². The second kappa shape index (κ2) is 10.1. The Morgan fingerprint density at radius 1 is 1.15 bits per heavy atom. The molecule has 0 aliphatic rings. The Hall–Kier alpha value is -3.02. The van der Waals surface area contributed by atoms with E-state index in [4.69, 9.17) is 10.5 Å². The van der Waals surface area contributed by atoms with Crippen molar-refractivity contribution in [3.8, 4) is 5.75 Å². The molecule has 0 atom stereocenters. The summed E-state index contributed by atoms with van der Waals surface area (Å²) in [5, 5.41) is 3.28. The summed E-state index contributed by atoms with van der Waals surface area (Å²) < 4.78 is 5.74. The van der Waals surface area contributed by atoms with E-state index in [2.05, 4.69) is 10.3 Å². The van der Waals surface area contributed by atoms with E-state index in [-0.39, 0.29) is 0 Å². The summed E-state index contributed by atoms with van der Waals surface area (Å²) in [6.07, 6.45) is 0. The number of primary amides is 1. The van der Waals surface area contributed by atoms with Gasteiger partial charge in [-0.1, -0.05) is 30.3 Å². The summed E-state index contributed by atoms with van der Waals surface area (Å²) in [4.78, 5) is 17.8. The third-order valence-corrected chi connectivity index (χ3v) is 3.78. The van der Waals surface area contributed by atoms with Gasteiger partial charge in [0, 0.05) is 19.2 Å². The molecule has 2 aromatic rings. The Labute approximate surface area is 154 Å². The zero-order valence-corrected chi connectivity index (χ0v) is 15.3. The summed E-state index contributed by atoms with van der Waals surface area (Å²) in [7, 11) is 1.98. The lowest BCUT2D eigenvalue weighted by atomic mass is 10.1. The van der Waals surface area contributed by atoms with Gasteiger partial charge in [-0.3, -0.25) is 4.79 Å². The van der Waals surface area contributed by atoms with E-state index in [1.165, 1.54) is 0 Å². The van der Waals surface area contributed by atoms with Crippen LogP contribution in [0.2, 0.25) is 0 Å². The zero-order chi connectivity index (χ0) is 18.8. The third-order valence-electron chi connectivity index (χ3n) is 3.78. The van der Waals surface area contributed by atoms with Crippen molar-refractivity contribution in [1.82, 2.24) is 10.2 Å². The second-order valence-corrected chi connectivity index (χ2v) is 5.81. The maximum atomic E-state index is 11.1. The number of carbonyl (C=O) groups excluding carboxylic acids is 1. The highest BCUT2D eigenvalue weighted by Gasteiger charge is 2.06. The number of carbonyl (C=O) groups is 1. The Balaban J connectivity index is 1.90. The first-order chi connectivity index (χ1) is 12.6. The number of hydrogen-bond donors (Lipinski definition) is 2. The Bertz CT molecular complexity index is 714. The minimum Gasteiger partial charge on any atom is -0.492 e. The summed E-state index contributed by atoms with van der Waals surface area (Å²) in [6.45, 7) is 4.61. The minimum absolute atomic E-state index is 0.425. The fraction of sp³-hybridized carbons (Fsp3) is 0.300. The molecule has 6 heteroatoms. The maximum absolute atomic E-state index is 11.1. The highest BCUT2D eigenvalue weighted by atomic mass is 16.5. The van der Waals surface area contributed by atoms with Crippen LogP contribution in [0.5, 0.6) is 5.75 Å². The molecule has 0 bridgehead atoms. The van der Waals surface area contributed by atoms with Crippen LogP contribution < -0.4 is 15.8 Å². The molecule has 0 spiro atoms. The fourth-order valence-corrected chi connectivity index (χ4v) is 2.33. The first-order valence-electron chi connectivity index (χ1n) is 8.66. The van der Waals surface area contributed by atoms with Crippen molar-refractivity contribution in [3.05, 3.63) is 65.7 Å². The third kappa shape index (κ3) is 6.12. The molecule has 6 nitrogen and oxygen atoms in total. The average Bonchev–Trinajstić information content (AvgIpc) is 2.66. The Morgan fingerprint density at radius 3 is 2.46 bits per heavy atom. The van der Waals surface area contributed by atoms with Gasteiger partial charge in [0.25, 0.3) is 0 Å². The smallest absolute Gasteiger partial charge is 0.248 e. The molecular weight excluding hydrogens is 328 g/mol. The molecule has 138 valence electrons. The number of hydrogen-bond acceptors (Lipinski definition) is 3. The molecule has 0 aromatic heterocycles. The summed E-state index contributed by atoms with van der Waals surface area (Å²) in [5.74, 6) is 1.24. The lowest BCUT2D eigenvalue weighted by Gasteiger charge is -2.22. The van der Waals surface area contributed by atoms with Crippen LogP contribution in [0.25, 0.3) is 0 Å². The number of likely N-dealkylation sites (N-methyl/N-ethyl adjacent to an activating group) is 1. The summed E-state index contributed by atoms with van der Waals surface area (Å²) in [6, 6.07) is 16.9. The number of guanidine groups is 1. The molecule has 2 aromatic carbocycles. The summed E-state index contributed by atoms with van der Waals surface area (Å²) in [5.41, 5.74) is 6.77. The van der Waals surface area contributed by atoms with Crippen molar-refractivity contribution >= 4 is 11.9 Å². The molecule has 0 heterocycles. The molecule has 26 heavy (non-hydrogen) atoms. The Morgan fingerprint density at radius 2 is 1.85 bits per heavy atom. The fourth-order valence-electron chi connectivity index (χ4n) is 2.33. The number of nitrogens with two attached hydrogens (primary N) is 1. The first kappa shape index (κ1) is 19.3. The molecule has 3 N–H and O–H groups in total. The van der Waals surface area contributed by atoms with E-state index < -0.39 is 5.91 Å². The molecule has 0 saturated heterocycles. The maximum Gasteiger partial charge on any atom is 0.248 e. The van der Waals surface area contributed by atoms with Crippen LogP contribution in [-0.2, 0) is 6.54 Å². The molecule has 1 amide bonds. The molecule has 0 radical (unpaired) electrons. The zero-order valence-electron chi connectivity index (χ0n) is 15.3. The van der Waals surface area contributed by atoms with Crippen molar-refractivity contribution in [1.29, 1.82) is 0 Å². The largest absolute Gasteiger partial charge is 0.492 e. The number of benzene rings is 2. The lowest BCUT2D eigenvalue weighted by molar-refractivity contribution is 0.100. The van der Waals surface area contributed by atoms with Gasteiger partial charge in [-0.05, 0) is 36.8 Å². The quantitative estimate of drug-likeness (QED) is 0.563. The number of nitrogens with zero attached hydrogens (tertiary/aromatic N) is 2. The number of ether oxygens (including phenoxy) is 1. The molecule has 0 fully saturated rings. The van der Waals surface area contributed by atoms with E-state index in [1.54, 1.807) is 12.1 Å². The van der Waals surface area contributed by atoms with Crippen LogP contribution in [0.3, 0.4) is 0 Å². The monoisotopic (exact) mass is 354 g/mol. The molecule has 0 unspecified atom stereocenters. The van der Waals surface area contributed by atoms with Crippen molar-refractivity contribution in [3.63, 3.8) is 0 Å². The first-order valence-corrected chi connectivity index (χ1v) is 8.66. The predicted octanol–water partition coefficient (Wildman–Crippen LogP) is 2.26. The number of nitrogens with one attached hydrogen (secondary N) is 1. The van der Waals surface area contributed by atoms with E-state index in [1.807, 2.05) is 61.3 Å². The normalized spacial score (nSPS) is 11.1. The highest BCUT2D eigenvalue weighted by molar-refractivity contribution is 5.92. The molecular formula is C20H26N4O2. The van der Waals surface area contributed by atoms with Crippen LogP contribution in [0.4, 0.5) is 0 Å². The number of amides is 1. The van der Waals surface area contributed by atoms with Crippen LogP contribution in [0.1, 0.15) is 22.8 Å². The van der Waals surface area contributed by atoms with Gasteiger partial charge in [0.05, 0.1) is 13.1 Å². The van der Waals surface area contributed by atoms with Gasteiger partial charge in [0.2, 0.25) is 5.91 Å². The van der Waals surface area contributed by atoms with Gasteiger partial charge in [-0.25, -0.2) is 4.99 Å². The van der Waals surface area contributed by atoms with E-state index >= 15 is 0 Å². The molecule has 0 aliphatic heterocycles. The van der Waals surface area contributed by atoms with Crippen LogP contribution in [0, 0.1) is 0 Å². The van der Waals surface area contributed by atoms with Crippen molar-refractivity contribution < 1.29 is 9.53 Å². The van der Waals surface area contributed by atoms with Crippen molar-refractivity contribution in [2.75, 3.05) is 26.7 Å². The second-order valence-electron chi connectivity index (χ2n) is 5.81. The number of rotatable bonds is 8. The summed E-state index contributed by atoms with van der Waals surface area (Å²) >= 11 is 0.